The summed E-state index contributed by atoms with van der Waals surface area (Å²) >= 11 is 0. The summed E-state index contributed by atoms with van der Waals surface area (Å²) in [6, 6.07) is 0. The summed E-state index contributed by atoms with van der Waals surface area (Å²) in [6.07, 6.45) is 16.2. The van der Waals surface area contributed by atoms with Crippen LogP contribution >= 0.6 is 0 Å². The van der Waals surface area contributed by atoms with E-state index in [1.165, 1.54) is 0 Å². The highest BCUT2D eigenvalue weighted by Gasteiger charge is 1.87. The number of Topliss-reactive ketones (excluding diaryl/α,β-unsaturated/α-hetero) is 1. The van der Waals surface area contributed by atoms with Crippen molar-refractivity contribution in [1.82, 2.24) is 0 Å². The first-order chi connectivity index (χ1) is 6.77. The van der Waals surface area contributed by atoms with E-state index in [-0.39, 0.29) is 5.78 Å². The van der Waals surface area contributed by atoms with Gasteiger partial charge in [-0.25, -0.2) is 0 Å². The molecule has 1 heteroatoms. The average molecular weight is 192 g/mol. The molecule has 0 radical (unpaired) electrons. The second kappa shape index (κ2) is 9.97. The van der Waals surface area contributed by atoms with Crippen molar-refractivity contribution >= 4 is 5.78 Å². The smallest absolute Gasteiger partial charge is 0.130 e. The predicted molar refractivity (Wildman–Crippen MR) is 62.2 cm³/mol. The Kier molecular flexibility index (Phi) is 9.18. The summed E-state index contributed by atoms with van der Waals surface area (Å²) in [6.45, 7) is 3.65. The van der Waals surface area contributed by atoms with E-state index in [2.05, 4.69) is 30.4 Å². The number of hydrogen-bond acceptors (Lipinski definition) is 1. The fraction of sp³-hybridized carbons (Fsp3) is 0.462. The standard InChI is InChI=1S/C13H20O/c1-3-4-5-6-7-8-9-10-11-12-13(2)14/h3-4,6-7,9-10H,5,8,11-12H2,1-2H3/b4-3-,7-6-,10-9-. The molecule has 0 aromatic rings. The van der Waals surface area contributed by atoms with Gasteiger partial charge in [-0.3, -0.25) is 0 Å². The Morgan fingerprint density at radius 3 is 2.14 bits per heavy atom. The Bertz CT molecular complexity index is 221. The maximum Gasteiger partial charge on any atom is 0.130 e. The molecule has 0 aliphatic heterocycles. The zero-order chi connectivity index (χ0) is 10.6. The second-order valence-corrected chi connectivity index (χ2v) is 3.22. The highest BCUT2D eigenvalue weighted by Crippen LogP contribution is 1.95. The van der Waals surface area contributed by atoms with Crippen LogP contribution in [0.4, 0.5) is 0 Å². The van der Waals surface area contributed by atoms with Crippen LogP contribution in [0.1, 0.15) is 39.5 Å². The first kappa shape index (κ1) is 12.9. The third-order valence-corrected chi connectivity index (χ3v) is 1.78. The molecule has 0 spiro atoms. The van der Waals surface area contributed by atoms with Gasteiger partial charge in [0.05, 0.1) is 0 Å². The number of carbonyl (C=O) groups excluding carboxylic acids is 1. The largest absolute Gasteiger partial charge is 0.300 e. The molecule has 0 aliphatic rings. The van der Waals surface area contributed by atoms with Gasteiger partial charge in [-0.05, 0) is 33.1 Å². The normalized spacial score (nSPS) is 12.1. The Morgan fingerprint density at radius 1 is 1.00 bits per heavy atom. The highest BCUT2D eigenvalue weighted by molar-refractivity contribution is 5.75. The number of hydrogen-bond donors (Lipinski definition) is 0. The van der Waals surface area contributed by atoms with Crippen molar-refractivity contribution in [1.29, 1.82) is 0 Å². The summed E-state index contributed by atoms with van der Waals surface area (Å²) < 4.78 is 0. The molecule has 0 saturated carbocycles. The minimum absolute atomic E-state index is 0.262. The van der Waals surface area contributed by atoms with Crippen molar-refractivity contribution in [2.75, 3.05) is 0 Å². The van der Waals surface area contributed by atoms with E-state index in [0.717, 1.165) is 19.3 Å². The van der Waals surface area contributed by atoms with Crippen molar-refractivity contribution in [3.05, 3.63) is 36.5 Å². The van der Waals surface area contributed by atoms with Gasteiger partial charge in [0.15, 0.2) is 0 Å². The summed E-state index contributed by atoms with van der Waals surface area (Å²) in [7, 11) is 0. The summed E-state index contributed by atoms with van der Waals surface area (Å²) in [5.74, 6) is 0.262. The van der Waals surface area contributed by atoms with Crippen LogP contribution in [0.2, 0.25) is 0 Å². The quantitative estimate of drug-likeness (QED) is 0.560. The van der Waals surface area contributed by atoms with Gasteiger partial charge in [-0.1, -0.05) is 36.5 Å². The first-order valence-electron chi connectivity index (χ1n) is 5.18. The fourth-order valence-corrected chi connectivity index (χ4v) is 0.986. The van der Waals surface area contributed by atoms with Gasteiger partial charge in [-0.15, -0.1) is 0 Å². The van der Waals surface area contributed by atoms with E-state index in [9.17, 15) is 4.79 Å². The van der Waals surface area contributed by atoms with E-state index in [1.54, 1.807) is 6.92 Å². The highest BCUT2D eigenvalue weighted by atomic mass is 16.1. The zero-order valence-electron chi connectivity index (χ0n) is 9.20. The summed E-state index contributed by atoms with van der Waals surface area (Å²) in [5, 5.41) is 0. The van der Waals surface area contributed by atoms with Crippen LogP contribution in [0, 0.1) is 0 Å². The molecule has 0 N–H and O–H groups in total. The van der Waals surface area contributed by atoms with E-state index in [0.29, 0.717) is 6.42 Å². The van der Waals surface area contributed by atoms with Crippen molar-refractivity contribution in [2.45, 2.75) is 39.5 Å². The van der Waals surface area contributed by atoms with E-state index >= 15 is 0 Å². The lowest BCUT2D eigenvalue weighted by Crippen LogP contribution is -1.85. The summed E-state index contributed by atoms with van der Waals surface area (Å²) in [4.78, 5) is 10.6. The first-order valence-corrected chi connectivity index (χ1v) is 5.18. The van der Waals surface area contributed by atoms with Crippen LogP contribution in [-0.2, 0) is 4.79 Å². The number of ketones is 1. The zero-order valence-corrected chi connectivity index (χ0v) is 9.20. The average Bonchev–Trinajstić information content (AvgIpc) is 2.15. The van der Waals surface area contributed by atoms with Crippen LogP contribution in [0.25, 0.3) is 0 Å². The Balaban J connectivity index is 3.34. The molecule has 0 aromatic heterocycles. The lowest BCUT2D eigenvalue weighted by Gasteiger charge is -1.87. The van der Waals surface area contributed by atoms with Crippen LogP contribution in [0.3, 0.4) is 0 Å². The van der Waals surface area contributed by atoms with Crippen molar-refractivity contribution in [3.63, 3.8) is 0 Å². The second-order valence-electron chi connectivity index (χ2n) is 3.22. The molecule has 0 aromatic carbocycles. The topological polar surface area (TPSA) is 17.1 Å². The minimum Gasteiger partial charge on any atom is -0.300 e. The predicted octanol–water partition coefficient (Wildman–Crippen LogP) is 3.82. The molecule has 0 bridgehead atoms. The minimum atomic E-state index is 0.262. The van der Waals surface area contributed by atoms with E-state index in [4.69, 9.17) is 0 Å². The molecule has 0 unspecified atom stereocenters. The maximum atomic E-state index is 10.6. The van der Waals surface area contributed by atoms with Crippen LogP contribution < -0.4 is 0 Å². The van der Waals surface area contributed by atoms with Gasteiger partial charge in [0.2, 0.25) is 0 Å². The molecular weight excluding hydrogens is 172 g/mol. The van der Waals surface area contributed by atoms with Crippen LogP contribution in [0.15, 0.2) is 36.5 Å². The molecule has 0 heterocycles. The molecular formula is C13H20O. The molecule has 0 saturated heterocycles. The molecule has 0 fully saturated rings. The Morgan fingerprint density at radius 2 is 1.57 bits per heavy atom. The monoisotopic (exact) mass is 192 g/mol. The molecule has 78 valence electrons. The lowest BCUT2D eigenvalue weighted by molar-refractivity contribution is -0.116. The molecule has 0 aliphatic carbocycles. The maximum absolute atomic E-state index is 10.6. The molecule has 0 rings (SSSR count). The van der Waals surface area contributed by atoms with Gasteiger partial charge in [-0.2, -0.15) is 0 Å². The van der Waals surface area contributed by atoms with Crippen LogP contribution in [0.5, 0.6) is 0 Å². The third kappa shape index (κ3) is 10.9. The Hall–Kier alpha value is -1.11. The van der Waals surface area contributed by atoms with E-state index < -0.39 is 0 Å². The molecule has 14 heavy (non-hydrogen) atoms. The summed E-state index contributed by atoms with van der Waals surface area (Å²) in [5.41, 5.74) is 0. The number of allylic oxidation sites excluding steroid dienone is 6. The fourth-order valence-electron chi connectivity index (χ4n) is 0.986. The van der Waals surface area contributed by atoms with Crippen molar-refractivity contribution in [2.24, 2.45) is 0 Å². The van der Waals surface area contributed by atoms with Gasteiger partial charge >= 0.3 is 0 Å². The molecule has 0 atom stereocenters. The number of carbonyl (C=O) groups is 1. The number of rotatable bonds is 7. The van der Waals surface area contributed by atoms with Gasteiger partial charge in [0.1, 0.15) is 5.78 Å². The Labute approximate surface area is 87.2 Å². The van der Waals surface area contributed by atoms with Gasteiger partial charge in [0.25, 0.3) is 0 Å². The third-order valence-electron chi connectivity index (χ3n) is 1.78. The lowest BCUT2D eigenvalue weighted by atomic mass is 10.2. The molecule has 1 nitrogen and oxygen atoms in total. The van der Waals surface area contributed by atoms with Gasteiger partial charge < -0.3 is 4.79 Å². The molecule has 0 amide bonds. The van der Waals surface area contributed by atoms with E-state index in [1.807, 2.05) is 13.0 Å². The van der Waals surface area contributed by atoms with Crippen LogP contribution in [-0.4, -0.2) is 5.78 Å². The van der Waals surface area contributed by atoms with Crippen molar-refractivity contribution < 1.29 is 4.79 Å². The SMILES string of the molecule is C/C=C\C/C=C\C/C=C\CCC(C)=O. The van der Waals surface area contributed by atoms with Crippen molar-refractivity contribution in [3.8, 4) is 0 Å². The van der Waals surface area contributed by atoms with Gasteiger partial charge in [0, 0.05) is 6.42 Å².